The maximum Gasteiger partial charge on any atom is 0.250 e. The lowest BCUT2D eigenvalue weighted by molar-refractivity contribution is -0.144. The van der Waals surface area contributed by atoms with Crippen LogP contribution in [0.25, 0.3) is 10.9 Å². The number of ether oxygens (including phenoxy) is 1. The summed E-state index contributed by atoms with van der Waals surface area (Å²) in [7, 11) is 0. The fraction of sp³-hybridized carbons (Fsp3) is 0.370. The van der Waals surface area contributed by atoms with Crippen molar-refractivity contribution in [3.05, 3.63) is 65.6 Å². The molecule has 5 unspecified atom stereocenters. The van der Waals surface area contributed by atoms with Crippen LogP contribution >= 0.6 is 0 Å². The molecule has 0 bridgehead atoms. The van der Waals surface area contributed by atoms with Crippen molar-refractivity contribution >= 4 is 34.3 Å². The molecule has 7 rings (SSSR count). The summed E-state index contributed by atoms with van der Waals surface area (Å²) in [6, 6.07) is 11.4. The molecule has 3 aromatic rings. The number of fused-ring (bicyclic) bond motifs is 5. The molecule has 1 aromatic heterocycles. The number of halogens is 1. The third kappa shape index (κ3) is 2.90. The van der Waals surface area contributed by atoms with E-state index in [9.17, 15) is 18.8 Å². The highest BCUT2D eigenvalue weighted by atomic mass is 19.1. The first-order chi connectivity index (χ1) is 17.5. The molecule has 1 spiro atoms. The van der Waals surface area contributed by atoms with E-state index in [0.717, 1.165) is 29.3 Å². The van der Waals surface area contributed by atoms with Crippen LogP contribution in [-0.2, 0) is 31.1 Å². The van der Waals surface area contributed by atoms with Crippen LogP contribution in [0.3, 0.4) is 0 Å². The molecule has 4 aliphatic heterocycles. The molecule has 0 saturated carbocycles. The summed E-state index contributed by atoms with van der Waals surface area (Å²) < 4.78 is 20.1. The zero-order valence-electron chi connectivity index (χ0n) is 19.4. The highest BCUT2D eigenvalue weighted by Crippen LogP contribution is 2.53. The number of nitrogens with one attached hydrogen (secondary N) is 3. The van der Waals surface area contributed by atoms with Crippen molar-refractivity contribution in [3.8, 4) is 0 Å². The van der Waals surface area contributed by atoms with Gasteiger partial charge in [-0.3, -0.25) is 24.6 Å². The van der Waals surface area contributed by atoms with Gasteiger partial charge in [-0.1, -0.05) is 18.2 Å². The third-order valence-electron chi connectivity index (χ3n) is 8.29. The number of carbonyl (C=O) groups excluding carboxylic acids is 3. The second kappa shape index (κ2) is 7.72. The van der Waals surface area contributed by atoms with Gasteiger partial charge >= 0.3 is 0 Å². The van der Waals surface area contributed by atoms with Crippen molar-refractivity contribution in [1.82, 2.24) is 15.2 Å². The molecule has 184 valence electrons. The quantitative estimate of drug-likeness (QED) is 0.490. The Hall–Kier alpha value is -3.56. The van der Waals surface area contributed by atoms with Gasteiger partial charge < -0.3 is 15.0 Å². The van der Waals surface area contributed by atoms with Gasteiger partial charge in [0, 0.05) is 41.0 Å². The average molecular weight is 489 g/mol. The average Bonchev–Trinajstić information content (AvgIpc) is 3.67. The summed E-state index contributed by atoms with van der Waals surface area (Å²) >= 11 is 0. The molecule has 4 aliphatic rings. The molecule has 8 nitrogen and oxygen atoms in total. The molecule has 3 N–H and O–H groups in total. The topological polar surface area (TPSA) is 104 Å². The fourth-order valence-electron chi connectivity index (χ4n) is 6.72. The minimum Gasteiger partial charge on any atom is -0.376 e. The van der Waals surface area contributed by atoms with Gasteiger partial charge in [0.05, 0.1) is 24.5 Å². The lowest BCUT2D eigenvalue weighted by atomic mass is 9.76. The first-order valence-electron chi connectivity index (χ1n) is 12.4. The zero-order chi connectivity index (χ0) is 24.6. The number of carbonyl (C=O) groups is 3. The number of imide groups is 1. The first-order valence-corrected chi connectivity index (χ1v) is 12.4. The van der Waals surface area contributed by atoms with Crippen LogP contribution in [0, 0.1) is 17.7 Å². The Kier molecular flexibility index (Phi) is 4.65. The maximum atomic E-state index is 14.4. The largest absolute Gasteiger partial charge is 0.376 e. The monoisotopic (exact) mass is 488 g/mol. The summed E-state index contributed by atoms with van der Waals surface area (Å²) in [4.78, 5) is 45.8. The number of likely N-dealkylation sites (tertiary alicyclic amines) is 1. The van der Waals surface area contributed by atoms with E-state index in [-0.39, 0.29) is 18.6 Å². The van der Waals surface area contributed by atoms with Gasteiger partial charge in [0.2, 0.25) is 17.7 Å². The molecular weight excluding hydrogens is 463 g/mol. The highest BCUT2D eigenvalue weighted by molar-refractivity contribution is 6.15. The van der Waals surface area contributed by atoms with Crippen LogP contribution in [0.2, 0.25) is 0 Å². The summed E-state index contributed by atoms with van der Waals surface area (Å²) in [5.41, 5.74) is 1.27. The minimum absolute atomic E-state index is 0.179. The molecule has 3 saturated heterocycles. The Morgan fingerprint density at radius 3 is 2.81 bits per heavy atom. The van der Waals surface area contributed by atoms with Crippen LogP contribution in [-0.4, -0.2) is 52.9 Å². The molecule has 36 heavy (non-hydrogen) atoms. The standard InChI is InChI=1S/C27H25FN4O4/c28-15-7-8-20-18(11-15)27(26(35)30-20)23-22(24(33)32(25(23)34)13-16-4-3-9-36-16)21(31-27)10-14-12-29-19-6-2-1-5-17(14)19/h1-2,5-8,11-12,16,21-23,29,31H,3-4,9-10,13H2,(H,30,35). The number of hydrogen-bond acceptors (Lipinski definition) is 5. The second-order valence-corrected chi connectivity index (χ2v) is 10.2. The smallest absolute Gasteiger partial charge is 0.250 e. The SMILES string of the molecule is O=C1C2C(Cc3c[nH]c4ccccc34)NC3(C(=O)Nc4ccc(F)cc43)C2C(=O)N1CC1CCCO1. The number of rotatable bonds is 4. The predicted molar refractivity (Wildman–Crippen MR) is 128 cm³/mol. The Morgan fingerprint density at radius 2 is 1.97 bits per heavy atom. The van der Waals surface area contributed by atoms with E-state index in [1.54, 1.807) is 0 Å². The number of aromatic amines is 1. The number of aromatic nitrogens is 1. The summed E-state index contributed by atoms with van der Waals surface area (Å²) in [6.45, 7) is 0.787. The Morgan fingerprint density at radius 1 is 1.11 bits per heavy atom. The van der Waals surface area contributed by atoms with Crippen LogP contribution < -0.4 is 10.6 Å². The summed E-state index contributed by atoms with van der Waals surface area (Å²) in [5, 5.41) is 7.23. The molecule has 9 heteroatoms. The molecule has 5 atom stereocenters. The molecule has 0 aliphatic carbocycles. The molecule has 3 fully saturated rings. The number of para-hydroxylation sites is 1. The van der Waals surface area contributed by atoms with Crippen LogP contribution in [0.4, 0.5) is 10.1 Å². The Bertz CT molecular complexity index is 1430. The van der Waals surface area contributed by atoms with E-state index in [0.29, 0.717) is 24.3 Å². The van der Waals surface area contributed by atoms with Gasteiger partial charge in [-0.25, -0.2) is 4.39 Å². The lowest BCUT2D eigenvalue weighted by Crippen LogP contribution is -2.54. The van der Waals surface area contributed by atoms with Crippen molar-refractivity contribution in [2.24, 2.45) is 11.8 Å². The van der Waals surface area contributed by atoms with E-state index in [4.69, 9.17) is 4.74 Å². The molecule has 3 amide bonds. The van der Waals surface area contributed by atoms with Gasteiger partial charge in [0.15, 0.2) is 0 Å². The van der Waals surface area contributed by atoms with Crippen LogP contribution in [0.1, 0.15) is 24.0 Å². The third-order valence-corrected chi connectivity index (χ3v) is 8.29. The number of hydrogen-bond donors (Lipinski definition) is 3. The van der Waals surface area contributed by atoms with E-state index in [1.807, 2.05) is 30.5 Å². The van der Waals surface area contributed by atoms with Gasteiger partial charge in [-0.2, -0.15) is 0 Å². The number of H-pyrrole nitrogens is 1. The highest BCUT2D eigenvalue weighted by Gasteiger charge is 2.70. The number of anilines is 1. The normalized spacial score (nSPS) is 31.0. The number of amides is 3. The second-order valence-electron chi connectivity index (χ2n) is 10.2. The Balaban J connectivity index is 1.33. The summed E-state index contributed by atoms with van der Waals surface area (Å²) in [6.07, 6.45) is 3.80. The van der Waals surface area contributed by atoms with E-state index >= 15 is 0 Å². The van der Waals surface area contributed by atoms with Crippen molar-refractivity contribution in [1.29, 1.82) is 0 Å². The van der Waals surface area contributed by atoms with Gasteiger partial charge in [-0.05, 0) is 49.1 Å². The molecule has 5 heterocycles. The zero-order valence-corrected chi connectivity index (χ0v) is 19.4. The van der Waals surface area contributed by atoms with Crippen LogP contribution in [0.5, 0.6) is 0 Å². The van der Waals surface area contributed by atoms with Crippen molar-refractivity contribution in [2.45, 2.75) is 36.9 Å². The lowest BCUT2D eigenvalue weighted by Gasteiger charge is -2.30. The van der Waals surface area contributed by atoms with Gasteiger partial charge in [0.25, 0.3) is 0 Å². The minimum atomic E-state index is -1.52. The van der Waals surface area contributed by atoms with Gasteiger partial charge in [0.1, 0.15) is 11.4 Å². The van der Waals surface area contributed by atoms with E-state index in [1.165, 1.54) is 23.1 Å². The number of nitrogens with zero attached hydrogens (tertiary/aromatic N) is 1. The molecule has 2 aromatic carbocycles. The first kappa shape index (κ1) is 21.7. The molecular formula is C27H25FN4O4. The number of benzene rings is 2. The molecule has 0 radical (unpaired) electrons. The van der Waals surface area contributed by atoms with Crippen molar-refractivity contribution in [2.75, 3.05) is 18.5 Å². The van der Waals surface area contributed by atoms with E-state index < -0.39 is 41.0 Å². The predicted octanol–water partition coefficient (Wildman–Crippen LogP) is 2.45. The summed E-state index contributed by atoms with van der Waals surface area (Å²) in [5.74, 6) is -3.36. The van der Waals surface area contributed by atoms with Crippen molar-refractivity contribution in [3.63, 3.8) is 0 Å². The maximum absolute atomic E-state index is 14.4. The fourth-order valence-corrected chi connectivity index (χ4v) is 6.72. The Labute approximate surface area is 206 Å². The van der Waals surface area contributed by atoms with Gasteiger partial charge in [-0.15, -0.1) is 0 Å². The van der Waals surface area contributed by atoms with Crippen LogP contribution in [0.15, 0.2) is 48.7 Å². The van der Waals surface area contributed by atoms with E-state index in [2.05, 4.69) is 15.6 Å². The van der Waals surface area contributed by atoms with Crippen molar-refractivity contribution < 1.29 is 23.5 Å².